The highest BCUT2D eigenvalue weighted by molar-refractivity contribution is 9.10. The molecule has 0 aliphatic heterocycles. The Hall–Kier alpha value is -0.780. The highest BCUT2D eigenvalue weighted by Gasteiger charge is 2.10. The van der Waals surface area contributed by atoms with Crippen LogP contribution in [0, 0.1) is 0 Å². The van der Waals surface area contributed by atoms with E-state index in [2.05, 4.69) is 26.6 Å². The van der Waals surface area contributed by atoms with Crippen molar-refractivity contribution in [2.45, 2.75) is 25.8 Å². The van der Waals surface area contributed by atoms with Crippen molar-refractivity contribution in [1.29, 1.82) is 0 Å². The molecular weight excluding hydrogens is 320 g/mol. The Morgan fingerprint density at radius 3 is 2.83 bits per heavy atom. The third kappa shape index (κ3) is 4.84. The standard InChI is InChI=1S/C12H16BrClN2O2/c1-2-8(5-6-17)15-12(18)16-9-3-4-11(14)10(13)7-9/h3-4,7-8,17H,2,5-6H2,1H3,(H2,15,16,18). The molecule has 0 radical (unpaired) electrons. The Bertz CT molecular complexity index is 415. The summed E-state index contributed by atoms with van der Waals surface area (Å²) in [6.45, 7) is 2.02. The summed E-state index contributed by atoms with van der Waals surface area (Å²) in [5.41, 5.74) is 0.655. The van der Waals surface area contributed by atoms with E-state index in [1.165, 1.54) is 0 Å². The molecular formula is C12H16BrClN2O2. The summed E-state index contributed by atoms with van der Waals surface area (Å²) in [5.74, 6) is 0. The molecule has 0 aromatic heterocycles. The van der Waals surface area contributed by atoms with E-state index in [9.17, 15) is 4.79 Å². The SMILES string of the molecule is CCC(CCO)NC(=O)Nc1ccc(Cl)c(Br)c1. The smallest absolute Gasteiger partial charge is 0.319 e. The fourth-order valence-corrected chi connectivity index (χ4v) is 1.96. The number of amides is 2. The molecule has 0 spiro atoms. The molecule has 1 aromatic carbocycles. The lowest BCUT2D eigenvalue weighted by Crippen LogP contribution is -2.38. The average molecular weight is 336 g/mol. The zero-order chi connectivity index (χ0) is 13.5. The van der Waals surface area contributed by atoms with Gasteiger partial charge in [0.15, 0.2) is 0 Å². The molecule has 1 aromatic rings. The molecule has 6 heteroatoms. The summed E-state index contributed by atoms with van der Waals surface area (Å²) >= 11 is 9.15. The van der Waals surface area contributed by atoms with E-state index < -0.39 is 0 Å². The maximum absolute atomic E-state index is 11.7. The van der Waals surface area contributed by atoms with Crippen LogP contribution >= 0.6 is 27.5 Å². The first-order chi connectivity index (χ1) is 8.56. The fourth-order valence-electron chi connectivity index (χ4n) is 1.46. The largest absolute Gasteiger partial charge is 0.396 e. The molecule has 1 atom stereocenters. The van der Waals surface area contributed by atoms with Gasteiger partial charge in [-0.15, -0.1) is 0 Å². The summed E-state index contributed by atoms with van der Waals surface area (Å²) in [6.07, 6.45) is 1.33. The molecule has 1 unspecified atom stereocenters. The van der Waals surface area contributed by atoms with Gasteiger partial charge in [-0.1, -0.05) is 18.5 Å². The molecule has 0 aliphatic rings. The Labute approximate surface area is 120 Å². The number of aliphatic hydroxyl groups excluding tert-OH is 1. The Balaban J connectivity index is 2.55. The number of halogens is 2. The van der Waals surface area contributed by atoms with Crippen LogP contribution in [-0.2, 0) is 0 Å². The first-order valence-corrected chi connectivity index (χ1v) is 6.87. The van der Waals surface area contributed by atoms with Crippen LogP contribution in [0.15, 0.2) is 22.7 Å². The Kier molecular flexibility index (Phi) is 6.46. The molecule has 4 nitrogen and oxygen atoms in total. The van der Waals surface area contributed by atoms with Gasteiger partial charge in [0.2, 0.25) is 0 Å². The molecule has 0 saturated heterocycles. The molecule has 0 saturated carbocycles. The summed E-state index contributed by atoms with van der Waals surface area (Å²) < 4.78 is 0.726. The van der Waals surface area contributed by atoms with Crippen molar-refractivity contribution in [3.8, 4) is 0 Å². The van der Waals surface area contributed by atoms with Crippen molar-refractivity contribution in [2.75, 3.05) is 11.9 Å². The number of anilines is 1. The minimum Gasteiger partial charge on any atom is -0.396 e. The van der Waals surface area contributed by atoms with Gasteiger partial charge in [0.1, 0.15) is 0 Å². The van der Waals surface area contributed by atoms with E-state index >= 15 is 0 Å². The first-order valence-electron chi connectivity index (χ1n) is 5.70. The lowest BCUT2D eigenvalue weighted by atomic mass is 10.2. The maximum Gasteiger partial charge on any atom is 0.319 e. The zero-order valence-electron chi connectivity index (χ0n) is 10.0. The number of nitrogens with one attached hydrogen (secondary N) is 2. The third-order valence-corrected chi connectivity index (χ3v) is 3.70. The predicted molar refractivity (Wildman–Crippen MR) is 77.1 cm³/mol. The Morgan fingerprint density at radius 1 is 1.56 bits per heavy atom. The number of hydrogen-bond acceptors (Lipinski definition) is 2. The zero-order valence-corrected chi connectivity index (χ0v) is 12.4. The molecule has 1 rings (SSSR count). The summed E-state index contributed by atoms with van der Waals surface area (Å²) in [7, 11) is 0. The average Bonchev–Trinajstić information content (AvgIpc) is 2.33. The van der Waals surface area contributed by atoms with Gasteiger partial charge in [-0.05, 0) is 47.0 Å². The van der Waals surface area contributed by atoms with Gasteiger partial charge in [-0.25, -0.2) is 4.79 Å². The number of carbonyl (C=O) groups excluding carboxylic acids is 1. The summed E-state index contributed by atoms with van der Waals surface area (Å²) in [5, 5.41) is 14.9. The van der Waals surface area contributed by atoms with Gasteiger partial charge < -0.3 is 15.7 Å². The van der Waals surface area contributed by atoms with Gasteiger partial charge in [0.05, 0.1) is 5.02 Å². The van der Waals surface area contributed by atoms with Crippen molar-refractivity contribution < 1.29 is 9.90 Å². The van der Waals surface area contributed by atoms with Gasteiger partial charge in [-0.3, -0.25) is 0 Å². The molecule has 2 amide bonds. The lowest BCUT2D eigenvalue weighted by molar-refractivity contribution is 0.237. The van der Waals surface area contributed by atoms with E-state index in [0.29, 0.717) is 17.1 Å². The van der Waals surface area contributed by atoms with Crippen LogP contribution in [0.2, 0.25) is 5.02 Å². The molecule has 3 N–H and O–H groups in total. The Morgan fingerprint density at radius 2 is 2.28 bits per heavy atom. The van der Waals surface area contributed by atoms with Crippen molar-refractivity contribution in [2.24, 2.45) is 0 Å². The number of aliphatic hydroxyl groups is 1. The molecule has 0 aliphatic carbocycles. The van der Waals surface area contributed by atoms with Crippen molar-refractivity contribution in [3.05, 3.63) is 27.7 Å². The molecule has 100 valence electrons. The lowest BCUT2D eigenvalue weighted by Gasteiger charge is -2.16. The van der Waals surface area contributed by atoms with Crippen LogP contribution in [0.5, 0.6) is 0 Å². The summed E-state index contributed by atoms with van der Waals surface area (Å²) in [6, 6.07) is 4.84. The molecule has 18 heavy (non-hydrogen) atoms. The van der Waals surface area contributed by atoms with E-state index in [4.69, 9.17) is 16.7 Å². The quantitative estimate of drug-likeness (QED) is 0.772. The minimum atomic E-state index is -0.287. The highest BCUT2D eigenvalue weighted by Crippen LogP contribution is 2.25. The van der Waals surface area contributed by atoms with E-state index in [-0.39, 0.29) is 18.7 Å². The topological polar surface area (TPSA) is 61.4 Å². The fraction of sp³-hybridized carbons (Fsp3) is 0.417. The first kappa shape index (κ1) is 15.3. The van der Waals surface area contributed by atoms with Crippen molar-refractivity contribution >= 4 is 39.2 Å². The number of urea groups is 1. The van der Waals surface area contributed by atoms with Crippen LogP contribution in [0.25, 0.3) is 0 Å². The van der Waals surface area contributed by atoms with E-state index in [0.717, 1.165) is 10.9 Å². The van der Waals surface area contributed by atoms with Crippen LogP contribution in [0.3, 0.4) is 0 Å². The predicted octanol–water partition coefficient (Wildman–Crippen LogP) is 3.39. The van der Waals surface area contributed by atoms with Gasteiger partial charge in [-0.2, -0.15) is 0 Å². The van der Waals surface area contributed by atoms with Crippen LogP contribution < -0.4 is 10.6 Å². The monoisotopic (exact) mass is 334 g/mol. The van der Waals surface area contributed by atoms with E-state index in [1.807, 2.05) is 6.92 Å². The number of hydrogen-bond donors (Lipinski definition) is 3. The van der Waals surface area contributed by atoms with E-state index in [1.54, 1.807) is 18.2 Å². The second-order valence-electron chi connectivity index (χ2n) is 3.84. The molecule has 0 heterocycles. The van der Waals surface area contributed by atoms with Crippen molar-refractivity contribution in [3.63, 3.8) is 0 Å². The second-order valence-corrected chi connectivity index (χ2v) is 5.11. The highest BCUT2D eigenvalue weighted by atomic mass is 79.9. The van der Waals surface area contributed by atoms with Crippen LogP contribution in [-0.4, -0.2) is 23.8 Å². The number of rotatable bonds is 5. The normalized spacial score (nSPS) is 12.0. The van der Waals surface area contributed by atoms with Gasteiger partial charge in [0.25, 0.3) is 0 Å². The molecule has 0 bridgehead atoms. The molecule has 0 fully saturated rings. The third-order valence-electron chi connectivity index (χ3n) is 2.48. The maximum atomic E-state index is 11.7. The number of carbonyl (C=O) groups is 1. The minimum absolute atomic E-state index is 0.0225. The summed E-state index contributed by atoms with van der Waals surface area (Å²) in [4.78, 5) is 11.7. The second kappa shape index (κ2) is 7.61. The van der Waals surface area contributed by atoms with Crippen molar-refractivity contribution in [1.82, 2.24) is 5.32 Å². The number of benzene rings is 1. The van der Waals surface area contributed by atoms with Gasteiger partial charge >= 0.3 is 6.03 Å². The van der Waals surface area contributed by atoms with Crippen LogP contribution in [0.1, 0.15) is 19.8 Å². The van der Waals surface area contributed by atoms with Crippen LogP contribution in [0.4, 0.5) is 10.5 Å². The van der Waals surface area contributed by atoms with Gasteiger partial charge in [0, 0.05) is 22.8 Å².